The van der Waals surface area contributed by atoms with E-state index in [-0.39, 0.29) is 0 Å². The zero-order valence-corrected chi connectivity index (χ0v) is 22.3. The van der Waals surface area contributed by atoms with Gasteiger partial charge in [0.15, 0.2) is 0 Å². The molecule has 2 aromatic rings. The van der Waals surface area contributed by atoms with Crippen LogP contribution in [0.1, 0.15) is 129 Å². The summed E-state index contributed by atoms with van der Waals surface area (Å²) in [7, 11) is 0. The monoisotopic (exact) mass is 465 g/mol. The Hall–Kier alpha value is -1.83. The van der Waals surface area contributed by atoms with Crippen LogP contribution in [0.25, 0.3) is 11.3 Å². The van der Waals surface area contributed by atoms with E-state index in [1.165, 1.54) is 108 Å². The van der Waals surface area contributed by atoms with Crippen molar-refractivity contribution < 1.29 is 4.74 Å². The topological polar surface area (TPSA) is 22.1 Å². The quantitative estimate of drug-likeness (QED) is 0.171. The van der Waals surface area contributed by atoms with Gasteiger partial charge in [-0.25, -0.2) is 0 Å². The number of aromatic nitrogens is 1. The number of hydrogen-bond acceptors (Lipinski definition) is 2. The van der Waals surface area contributed by atoms with E-state index in [2.05, 4.69) is 56.4 Å². The number of hydrogen-bond donors (Lipinski definition) is 0. The fraction of sp³-hybridized carbons (Fsp3) is 0.656. The van der Waals surface area contributed by atoms with Gasteiger partial charge in [0.1, 0.15) is 5.75 Å². The fourth-order valence-corrected chi connectivity index (χ4v) is 4.53. The van der Waals surface area contributed by atoms with Crippen LogP contribution in [0.2, 0.25) is 0 Å². The molecule has 190 valence electrons. The molecule has 0 fully saturated rings. The minimum absolute atomic E-state index is 0.818. The van der Waals surface area contributed by atoms with Crippen molar-refractivity contribution in [2.45, 2.75) is 129 Å². The van der Waals surface area contributed by atoms with E-state index in [1.54, 1.807) is 0 Å². The van der Waals surface area contributed by atoms with Crippen LogP contribution >= 0.6 is 0 Å². The zero-order chi connectivity index (χ0) is 24.1. The van der Waals surface area contributed by atoms with Crippen molar-refractivity contribution in [1.82, 2.24) is 4.98 Å². The third-order valence-electron chi connectivity index (χ3n) is 6.81. The summed E-state index contributed by atoms with van der Waals surface area (Å²) in [6.45, 7) is 5.37. The molecule has 1 aromatic carbocycles. The maximum Gasteiger partial charge on any atom is 0.119 e. The number of pyridine rings is 1. The van der Waals surface area contributed by atoms with Gasteiger partial charge >= 0.3 is 0 Å². The molecule has 0 aliphatic carbocycles. The molecular formula is C32H51NO. The summed E-state index contributed by atoms with van der Waals surface area (Å²) in [5.74, 6) is 0.965. The molecule has 1 heterocycles. The first-order valence-corrected chi connectivity index (χ1v) is 14.5. The summed E-state index contributed by atoms with van der Waals surface area (Å²) >= 11 is 0. The Labute approximate surface area is 210 Å². The lowest BCUT2D eigenvalue weighted by atomic mass is 10.0. The molecule has 0 N–H and O–H groups in total. The van der Waals surface area contributed by atoms with Gasteiger partial charge in [-0.1, -0.05) is 116 Å². The second-order valence-electron chi connectivity index (χ2n) is 9.98. The van der Waals surface area contributed by atoms with E-state index in [0.717, 1.165) is 36.5 Å². The zero-order valence-electron chi connectivity index (χ0n) is 22.3. The molecule has 1 aromatic heterocycles. The predicted octanol–water partition coefficient (Wildman–Crippen LogP) is 10.3. The fourth-order valence-electron chi connectivity index (χ4n) is 4.53. The normalized spacial score (nSPS) is 11.1. The van der Waals surface area contributed by atoms with Gasteiger partial charge in [-0.3, -0.25) is 4.98 Å². The van der Waals surface area contributed by atoms with Crippen LogP contribution in [0.3, 0.4) is 0 Å². The van der Waals surface area contributed by atoms with Gasteiger partial charge in [0.25, 0.3) is 0 Å². The van der Waals surface area contributed by atoms with Gasteiger partial charge in [-0.2, -0.15) is 0 Å². The Balaban J connectivity index is 1.56. The van der Waals surface area contributed by atoms with Crippen LogP contribution in [-0.2, 0) is 6.42 Å². The van der Waals surface area contributed by atoms with Gasteiger partial charge < -0.3 is 4.74 Å². The molecule has 0 atom stereocenters. The van der Waals surface area contributed by atoms with Crippen LogP contribution in [0.15, 0.2) is 42.6 Å². The standard InChI is InChI=1S/C32H51NO/c1-3-5-7-9-11-12-13-14-16-18-20-29-21-26-32(33-28-29)30-22-24-31(25-23-30)34-27-19-17-15-10-8-6-4-2/h21-26,28H,3-20,27H2,1-2H3. The maximum absolute atomic E-state index is 5.92. The highest BCUT2D eigenvalue weighted by atomic mass is 16.5. The average molecular weight is 466 g/mol. The lowest BCUT2D eigenvalue weighted by Crippen LogP contribution is -1.97. The molecule has 0 aliphatic rings. The van der Waals surface area contributed by atoms with Crippen molar-refractivity contribution in [3.05, 3.63) is 48.2 Å². The van der Waals surface area contributed by atoms with Crippen molar-refractivity contribution in [3.8, 4) is 17.0 Å². The first kappa shape index (κ1) is 28.4. The largest absolute Gasteiger partial charge is 0.494 e. The highest BCUT2D eigenvalue weighted by Gasteiger charge is 2.02. The maximum atomic E-state index is 5.92. The molecular weight excluding hydrogens is 414 g/mol. The minimum Gasteiger partial charge on any atom is -0.494 e. The van der Waals surface area contributed by atoms with Crippen LogP contribution in [0, 0.1) is 0 Å². The van der Waals surface area contributed by atoms with E-state index in [9.17, 15) is 0 Å². The lowest BCUT2D eigenvalue weighted by molar-refractivity contribution is 0.304. The molecule has 2 rings (SSSR count). The van der Waals surface area contributed by atoms with Gasteiger partial charge in [-0.05, 0) is 55.2 Å². The van der Waals surface area contributed by atoms with Crippen LogP contribution < -0.4 is 4.74 Å². The second kappa shape index (κ2) is 19.5. The molecule has 0 saturated heterocycles. The molecule has 0 bridgehead atoms. The number of benzene rings is 1. The first-order chi connectivity index (χ1) is 16.8. The summed E-state index contributed by atoms with van der Waals surface area (Å²) in [5.41, 5.74) is 3.57. The molecule has 0 amide bonds. The summed E-state index contributed by atoms with van der Waals surface area (Å²) in [5, 5.41) is 0. The van der Waals surface area contributed by atoms with E-state index >= 15 is 0 Å². The Morgan fingerprint density at radius 3 is 1.62 bits per heavy atom. The Kier molecular flexibility index (Phi) is 16.3. The average Bonchev–Trinajstić information content (AvgIpc) is 2.87. The number of unbranched alkanes of at least 4 members (excludes halogenated alkanes) is 15. The highest BCUT2D eigenvalue weighted by molar-refractivity contribution is 5.60. The molecule has 0 spiro atoms. The third-order valence-corrected chi connectivity index (χ3v) is 6.81. The van der Waals surface area contributed by atoms with Crippen LogP contribution in [0.5, 0.6) is 5.75 Å². The predicted molar refractivity (Wildman–Crippen MR) is 149 cm³/mol. The van der Waals surface area contributed by atoms with Crippen molar-refractivity contribution >= 4 is 0 Å². The number of aryl methyl sites for hydroxylation is 1. The number of ether oxygens (including phenoxy) is 1. The van der Waals surface area contributed by atoms with E-state index < -0.39 is 0 Å². The Morgan fingerprint density at radius 1 is 0.559 bits per heavy atom. The van der Waals surface area contributed by atoms with E-state index in [1.807, 2.05) is 0 Å². The summed E-state index contributed by atoms with van der Waals surface area (Å²) in [6.07, 6.45) is 26.3. The minimum atomic E-state index is 0.818. The molecule has 0 saturated carbocycles. The Morgan fingerprint density at radius 2 is 1.09 bits per heavy atom. The van der Waals surface area contributed by atoms with Crippen LogP contribution in [0.4, 0.5) is 0 Å². The van der Waals surface area contributed by atoms with Crippen molar-refractivity contribution in [1.29, 1.82) is 0 Å². The van der Waals surface area contributed by atoms with Gasteiger partial charge in [0.05, 0.1) is 12.3 Å². The number of nitrogens with zero attached hydrogens (tertiary/aromatic N) is 1. The summed E-state index contributed by atoms with van der Waals surface area (Å²) in [4.78, 5) is 4.72. The number of rotatable bonds is 21. The molecule has 2 nitrogen and oxygen atoms in total. The molecule has 2 heteroatoms. The van der Waals surface area contributed by atoms with E-state index in [0.29, 0.717) is 0 Å². The summed E-state index contributed by atoms with van der Waals surface area (Å²) < 4.78 is 5.92. The van der Waals surface area contributed by atoms with Crippen LogP contribution in [-0.4, -0.2) is 11.6 Å². The lowest BCUT2D eigenvalue weighted by Gasteiger charge is -2.08. The van der Waals surface area contributed by atoms with Crippen molar-refractivity contribution in [3.63, 3.8) is 0 Å². The smallest absolute Gasteiger partial charge is 0.119 e. The highest BCUT2D eigenvalue weighted by Crippen LogP contribution is 2.22. The molecule has 34 heavy (non-hydrogen) atoms. The third kappa shape index (κ3) is 13.2. The van der Waals surface area contributed by atoms with Crippen molar-refractivity contribution in [2.75, 3.05) is 6.61 Å². The van der Waals surface area contributed by atoms with Gasteiger partial charge in [0.2, 0.25) is 0 Å². The molecule has 0 aliphatic heterocycles. The van der Waals surface area contributed by atoms with Gasteiger partial charge in [0, 0.05) is 11.8 Å². The van der Waals surface area contributed by atoms with Gasteiger partial charge in [-0.15, -0.1) is 0 Å². The van der Waals surface area contributed by atoms with Crippen molar-refractivity contribution in [2.24, 2.45) is 0 Å². The Bertz CT molecular complexity index is 707. The molecule has 0 unspecified atom stereocenters. The first-order valence-electron chi connectivity index (χ1n) is 14.5. The van der Waals surface area contributed by atoms with E-state index in [4.69, 9.17) is 9.72 Å². The SMILES string of the molecule is CCCCCCCCCCCCc1ccc(-c2ccc(OCCCCCCCCC)cc2)nc1. The molecule has 0 radical (unpaired) electrons. The summed E-state index contributed by atoms with van der Waals surface area (Å²) in [6, 6.07) is 12.8. The second-order valence-corrected chi connectivity index (χ2v) is 9.98.